The molecular formula is C42H36F9N6O3+. The number of ether oxygens (including phenoxy) is 2. The molecule has 1 aliphatic heterocycles. The Labute approximate surface area is 336 Å². The summed E-state index contributed by atoms with van der Waals surface area (Å²) in [5.41, 5.74) is 3.35. The normalized spacial score (nSPS) is 15.8. The zero-order chi connectivity index (χ0) is 42.9. The molecule has 2 aromatic heterocycles. The number of carbonyl (C=O) groups is 1. The zero-order valence-corrected chi connectivity index (χ0v) is 31.7. The number of nitrogens with zero attached hydrogens (tertiary/aromatic N) is 3. The smallest absolute Gasteiger partial charge is 0.486 e. The third-order valence-corrected chi connectivity index (χ3v) is 10.3. The van der Waals surface area contributed by atoms with Gasteiger partial charge in [0.15, 0.2) is 0 Å². The van der Waals surface area contributed by atoms with Gasteiger partial charge in [0.1, 0.15) is 24.7 Å². The van der Waals surface area contributed by atoms with E-state index in [2.05, 4.69) is 30.4 Å². The number of hydrogen-bond acceptors (Lipinski definition) is 6. The van der Waals surface area contributed by atoms with E-state index in [1.54, 1.807) is 12.1 Å². The average molecular weight is 844 g/mol. The summed E-state index contributed by atoms with van der Waals surface area (Å²) >= 11 is 0. The minimum Gasteiger partial charge on any atom is -0.486 e. The molecule has 60 heavy (non-hydrogen) atoms. The van der Waals surface area contributed by atoms with E-state index in [9.17, 15) is 44.3 Å². The molecule has 1 aliphatic rings. The van der Waals surface area contributed by atoms with Gasteiger partial charge in [-0.05, 0) is 78.2 Å². The van der Waals surface area contributed by atoms with Gasteiger partial charge in [-0.15, -0.1) is 13.2 Å². The second kappa shape index (κ2) is 16.4. The number of anilines is 1. The number of aromatic nitrogens is 4. The van der Waals surface area contributed by atoms with Crippen molar-refractivity contribution in [3.63, 3.8) is 0 Å². The first-order chi connectivity index (χ1) is 28.4. The average Bonchev–Trinajstić information content (AvgIpc) is 3.88. The molecule has 0 saturated carbocycles. The number of rotatable bonds is 13. The van der Waals surface area contributed by atoms with Crippen LogP contribution >= 0.6 is 0 Å². The Hall–Kier alpha value is -6.30. The highest BCUT2D eigenvalue weighted by Gasteiger charge is 2.43. The summed E-state index contributed by atoms with van der Waals surface area (Å²) in [4.78, 5) is 14.6. The van der Waals surface area contributed by atoms with Crippen molar-refractivity contribution < 1.29 is 58.3 Å². The molecule has 0 bridgehead atoms. The van der Waals surface area contributed by atoms with E-state index < -0.39 is 29.8 Å². The fourth-order valence-corrected chi connectivity index (χ4v) is 7.44. The molecule has 0 radical (unpaired) electrons. The van der Waals surface area contributed by atoms with Gasteiger partial charge in [0.25, 0.3) is 0 Å². The van der Waals surface area contributed by atoms with Crippen LogP contribution in [0.1, 0.15) is 57.1 Å². The molecule has 0 spiro atoms. The van der Waals surface area contributed by atoms with Gasteiger partial charge < -0.3 is 14.8 Å². The standard InChI is InChI=1S/C42H35F9N6O3/c1-2-18-57(23-25-3-13-32(14-4-25)60-42(49,50)51)19-17-33-34(39(57)58)15-16-35(52-20-28-21-53-55-36(28)26-5-9-30(10-6-26)40(43,44)45)38(33)59-24-29-22-54-56-37(29)27-7-11-31(12-8-27)41(46,47)48/h3-16,21-22H,2,17-20,23-24H2,1H3,(H2-,52,53,54,55,56,58)/p+1. The number of carbonyl (C=O) groups excluding carboxylic acids is 1. The first-order valence-corrected chi connectivity index (χ1v) is 18.6. The number of fused-ring (bicyclic) bond motifs is 1. The maximum Gasteiger partial charge on any atom is 0.573 e. The SMILES string of the molecule is CCC[N+]1(Cc2ccc(OC(F)(F)F)cc2)CCc2c(ccc(NCc3cn[nH]c3-c3ccc(C(F)(F)F)cc3)c2OCc2cn[nH]c2-c2ccc(C(F)(F)F)cc2)C1=O. The minimum atomic E-state index is -4.86. The van der Waals surface area contributed by atoms with Crippen molar-refractivity contribution in [3.05, 3.63) is 136 Å². The van der Waals surface area contributed by atoms with Gasteiger partial charge in [-0.3, -0.25) is 14.7 Å². The summed E-state index contributed by atoms with van der Waals surface area (Å²) < 4.78 is 128. The monoisotopic (exact) mass is 843 g/mol. The molecule has 3 N–H and O–H groups in total. The third kappa shape index (κ3) is 9.12. The van der Waals surface area contributed by atoms with Crippen molar-refractivity contribution >= 4 is 11.6 Å². The van der Waals surface area contributed by atoms with Gasteiger partial charge in [0.05, 0.1) is 59.2 Å². The molecule has 314 valence electrons. The maximum absolute atomic E-state index is 14.6. The quantitative estimate of drug-likeness (QED) is 0.0790. The Morgan fingerprint density at radius 2 is 1.30 bits per heavy atom. The van der Waals surface area contributed by atoms with Crippen molar-refractivity contribution in [1.82, 2.24) is 20.4 Å². The van der Waals surface area contributed by atoms with E-state index in [-0.39, 0.29) is 35.8 Å². The van der Waals surface area contributed by atoms with Crippen molar-refractivity contribution in [2.75, 3.05) is 18.4 Å². The number of quaternary nitrogens is 1. The Balaban J connectivity index is 1.20. The Bertz CT molecular complexity index is 2440. The van der Waals surface area contributed by atoms with Crippen molar-refractivity contribution in [2.24, 2.45) is 0 Å². The van der Waals surface area contributed by atoms with E-state index >= 15 is 0 Å². The van der Waals surface area contributed by atoms with E-state index in [1.165, 1.54) is 60.9 Å². The zero-order valence-electron chi connectivity index (χ0n) is 31.7. The molecule has 1 amide bonds. The first kappa shape index (κ1) is 41.8. The number of H-pyrrole nitrogens is 2. The molecule has 1 unspecified atom stereocenters. The molecule has 3 heterocycles. The molecule has 0 fully saturated rings. The molecule has 0 saturated heterocycles. The van der Waals surface area contributed by atoms with Gasteiger partial charge >= 0.3 is 24.6 Å². The molecule has 9 nitrogen and oxygen atoms in total. The molecule has 0 aliphatic carbocycles. The van der Waals surface area contributed by atoms with Crippen LogP contribution in [0.4, 0.5) is 45.2 Å². The highest BCUT2D eigenvalue weighted by atomic mass is 19.4. The van der Waals surface area contributed by atoms with E-state index in [1.807, 2.05) is 6.92 Å². The minimum absolute atomic E-state index is 0.0134. The van der Waals surface area contributed by atoms with Gasteiger partial charge in [-0.25, -0.2) is 4.79 Å². The molecule has 1 atom stereocenters. The predicted octanol–water partition coefficient (Wildman–Crippen LogP) is 10.7. The first-order valence-electron chi connectivity index (χ1n) is 18.6. The highest BCUT2D eigenvalue weighted by Crippen LogP contribution is 2.40. The topological polar surface area (TPSA) is 105 Å². The van der Waals surface area contributed by atoms with Gasteiger partial charge in [0, 0.05) is 35.2 Å². The summed E-state index contributed by atoms with van der Waals surface area (Å²) in [6.07, 6.45) is -9.90. The Morgan fingerprint density at radius 1 is 0.733 bits per heavy atom. The molecule has 4 aromatic carbocycles. The van der Waals surface area contributed by atoms with Crippen molar-refractivity contribution in [3.8, 4) is 34.0 Å². The van der Waals surface area contributed by atoms with Gasteiger partial charge in [-0.1, -0.05) is 31.2 Å². The van der Waals surface area contributed by atoms with Crippen LogP contribution in [-0.4, -0.2) is 50.2 Å². The van der Waals surface area contributed by atoms with Crippen molar-refractivity contribution in [2.45, 2.75) is 58.2 Å². The van der Waals surface area contributed by atoms with E-state index in [0.29, 0.717) is 87.7 Å². The molecule has 18 heteroatoms. The number of benzene rings is 4. The number of alkyl halides is 9. The lowest BCUT2D eigenvalue weighted by Crippen LogP contribution is -2.56. The second-order valence-electron chi connectivity index (χ2n) is 14.3. The second-order valence-corrected chi connectivity index (χ2v) is 14.3. The summed E-state index contributed by atoms with van der Waals surface area (Å²) in [5, 5.41) is 17.2. The fourth-order valence-electron chi connectivity index (χ4n) is 7.44. The molecule has 6 aromatic rings. The lowest BCUT2D eigenvalue weighted by atomic mass is 9.93. The van der Waals surface area contributed by atoms with Crippen LogP contribution in [0, 0.1) is 0 Å². The number of nitrogens with one attached hydrogen (secondary N) is 3. The summed E-state index contributed by atoms with van der Waals surface area (Å²) in [5.74, 6) is -0.285. The number of amides is 1. The van der Waals surface area contributed by atoms with Crippen LogP contribution in [0.2, 0.25) is 0 Å². The van der Waals surface area contributed by atoms with Crippen LogP contribution in [0.15, 0.2) is 97.3 Å². The van der Waals surface area contributed by atoms with Gasteiger partial charge in [0.2, 0.25) is 0 Å². The van der Waals surface area contributed by atoms with Crippen LogP contribution in [-0.2, 0) is 38.5 Å². The van der Waals surface area contributed by atoms with Crippen LogP contribution in [0.3, 0.4) is 0 Å². The van der Waals surface area contributed by atoms with Crippen LogP contribution < -0.4 is 14.8 Å². The Kier molecular flexibility index (Phi) is 11.4. The number of aromatic amines is 2. The fraction of sp³-hybridized carbons (Fsp3) is 0.262. The van der Waals surface area contributed by atoms with Crippen LogP contribution in [0.25, 0.3) is 22.5 Å². The summed E-state index contributed by atoms with van der Waals surface area (Å²) in [6.45, 7) is 2.90. The highest BCUT2D eigenvalue weighted by molar-refractivity contribution is 5.94. The lowest BCUT2D eigenvalue weighted by Gasteiger charge is -2.40. The van der Waals surface area contributed by atoms with E-state index in [0.717, 1.165) is 24.3 Å². The predicted molar refractivity (Wildman–Crippen MR) is 201 cm³/mol. The lowest BCUT2D eigenvalue weighted by molar-refractivity contribution is -0.864. The Morgan fingerprint density at radius 3 is 1.85 bits per heavy atom. The molecular weight excluding hydrogens is 807 g/mol. The number of halogens is 9. The van der Waals surface area contributed by atoms with Crippen LogP contribution in [0.5, 0.6) is 11.5 Å². The van der Waals surface area contributed by atoms with Crippen molar-refractivity contribution in [1.29, 1.82) is 0 Å². The summed E-state index contributed by atoms with van der Waals surface area (Å²) in [6, 6.07) is 17.9. The molecule has 7 rings (SSSR count). The summed E-state index contributed by atoms with van der Waals surface area (Å²) in [7, 11) is 0. The largest absolute Gasteiger partial charge is 0.573 e. The maximum atomic E-state index is 14.6. The van der Waals surface area contributed by atoms with Gasteiger partial charge in [-0.2, -0.15) is 36.5 Å². The number of hydrogen-bond donors (Lipinski definition) is 3. The van der Waals surface area contributed by atoms with E-state index in [4.69, 9.17) is 4.74 Å². The third-order valence-electron chi connectivity index (χ3n) is 10.3.